The molecular formula is C16H18BrN5O3S. The Balaban J connectivity index is 1.81. The van der Waals surface area contributed by atoms with Crippen LogP contribution in [0.1, 0.15) is 24.1 Å². The van der Waals surface area contributed by atoms with E-state index in [-0.39, 0.29) is 10.6 Å². The highest BCUT2D eigenvalue weighted by molar-refractivity contribution is 9.10. The maximum Gasteiger partial charge on any atom is 0.328 e. The van der Waals surface area contributed by atoms with E-state index < -0.39 is 10.0 Å². The monoisotopic (exact) mass is 439 g/mol. The van der Waals surface area contributed by atoms with Crippen molar-refractivity contribution in [2.45, 2.75) is 30.6 Å². The van der Waals surface area contributed by atoms with Crippen molar-refractivity contribution in [1.82, 2.24) is 19.3 Å². The Morgan fingerprint density at radius 2 is 1.81 bits per heavy atom. The number of H-pyrrole nitrogens is 1. The lowest BCUT2D eigenvalue weighted by atomic mass is 9.98. The largest absolute Gasteiger partial charge is 0.328 e. The summed E-state index contributed by atoms with van der Waals surface area (Å²) in [5, 5.41) is 7.07. The molecule has 1 aliphatic rings. The third-order valence-corrected chi connectivity index (χ3v) is 7.20. The number of hydrogen-bond acceptors (Lipinski definition) is 4. The molecule has 0 aliphatic heterocycles. The molecule has 26 heavy (non-hydrogen) atoms. The molecule has 138 valence electrons. The van der Waals surface area contributed by atoms with E-state index in [1.165, 1.54) is 15.2 Å². The van der Waals surface area contributed by atoms with Crippen LogP contribution in [0.4, 0.5) is 5.82 Å². The first-order valence-electron chi connectivity index (χ1n) is 8.23. The highest BCUT2D eigenvalue weighted by Gasteiger charge is 2.25. The number of rotatable bonds is 3. The van der Waals surface area contributed by atoms with Crippen molar-refractivity contribution in [3.63, 3.8) is 0 Å². The van der Waals surface area contributed by atoms with Crippen molar-refractivity contribution in [2.24, 2.45) is 14.1 Å². The number of nitrogens with zero attached hydrogens (tertiary/aromatic N) is 3. The maximum absolute atomic E-state index is 13.0. The van der Waals surface area contributed by atoms with Gasteiger partial charge in [-0.1, -0.05) is 0 Å². The van der Waals surface area contributed by atoms with Crippen LogP contribution in [0.3, 0.4) is 0 Å². The van der Waals surface area contributed by atoms with Gasteiger partial charge in [0, 0.05) is 29.8 Å². The summed E-state index contributed by atoms with van der Waals surface area (Å²) in [5.41, 5.74) is 2.92. The Bertz CT molecular complexity index is 1190. The van der Waals surface area contributed by atoms with Gasteiger partial charge in [0.05, 0.1) is 11.0 Å². The van der Waals surface area contributed by atoms with Crippen molar-refractivity contribution in [3.05, 3.63) is 38.3 Å². The average molecular weight is 440 g/mol. The molecule has 4 rings (SSSR count). The number of hydrogen-bond donors (Lipinski definition) is 2. The zero-order chi connectivity index (χ0) is 18.6. The Hall–Kier alpha value is -2.07. The van der Waals surface area contributed by atoms with Crippen molar-refractivity contribution < 1.29 is 8.42 Å². The molecule has 2 N–H and O–H groups in total. The molecule has 0 fully saturated rings. The molecule has 2 heterocycles. The first kappa shape index (κ1) is 17.3. The Labute approximate surface area is 158 Å². The normalized spacial score (nSPS) is 14.6. The molecule has 0 unspecified atom stereocenters. The van der Waals surface area contributed by atoms with Gasteiger partial charge < -0.3 is 0 Å². The van der Waals surface area contributed by atoms with Gasteiger partial charge in [0.2, 0.25) is 0 Å². The van der Waals surface area contributed by atoms with Crippen LogP contribution in [0.2, 0.25) is 0 Å². The molecule has 0 bridgehead atoms. The van der Waals surface area contributed by atoms with Crippen LogP contribution >= 0.6 is 15.9 Å². The molecule has 0 saturated carbocycles. The standard InChI is InChI=1S/C16H18BrN5O3S/c1-21-12-7-10(17)14(8-13(12)22(2)16(21)23)26(24,25)20-15-9-5-3-4-6-11(9)18-19-15/h7-8H,3-6H2,1-2H3,(H2,18,19,20). The van der Waals surface area contributed by atoms with E-state index in [0.717, 1.165) is 36.9 Å². The number of sulfonamides is 1. The molecule has 10 heteroatoms. The van der Waals surface area contributed by atoms with E-state index in [2.05, 4.69) is 30.8 Å². The summed E-state index contributed by atoms with van der Waals surface area (Å²) >= 11 is 3.33. The first-order valence-corrected chi connectivity index (χ1v) is 10.5. The second-order valence-electron chi connectivity index (χ2n) is 6.51. The summed E-state index contributed by atoms with van der Waals surface area (Å²) in [6, 6.07) is 3.15. The minimum absolute atomic E-state index is 0.0683. The van der Waals surface area contributed by atoms with Crippen molar-refractivity contribution in [1.29, 1.82) is 0 Å². The van der Waals surface area contributed by atoms with Crippen LogP contribution in [0, 0.1) is 0 Å². The van der Waals surface area contributed by atoms with Gasteiger partial charge in [0.25, 0.3) is 10.0 Å². The van der Waals surface area contributed by atoms with Gasteiger partial charge in [0.15, 0.2) is 5.82 Å². The summed E-state index contributed by atoms with van der Waals surface area (Å²) < 4.78 is 31.8. The Morgan fingerprint density at radius 3 is 2.54 bits per heavy atom. The number of nitrogens with one attached hydrogen (secondary N) is 2. The summed E-state index contributed by atoms with van der Waals surface area (Å²) in [6.07, 6.45) is 3.78. The van der Waals surface area contributed by atoms with E-state index in [1.807, 2.05) is 0 Å². The first-order chi connectivity index (χ1) is 12.3. The van der Waals surface area contributed by atoms with Crippen molar-refractivity contribution >= 4 is 42.8 Å². The molecule has 0 amide bonds. The molecule has 1 aliphatic carbocycles. The fourth-order valence-corrected chi connectivity index (χ4v) is 5.54. The number of imidazole rings is 1. The minimum atomic E-state index is -3.86. The van der Waals surface area contributed by atoms with Gasteiger partial charge in [-0.25, -0.2) is 13.2 Å². The van der Waals surface area contributed by atoms with Gasteiger partial charge in [-0.2, -0.15) is 5.10 Å². The molecule has 0 saturated heterocycles. The topological polar surface area (TPSA) is 102 Å². The summed E-state index contributed by atoms with van der Waals surface area (Å²) in [6.45, 7) is 0. The van der Waals surface area contributed by atoms with Gasteiger partial charge in [0.1, 0.15) is 4.90 Å². The second-order valence-corrected chi connectivity index (χ2v) is 9.02. The van der Waals surface area contributed by atoms with Crippen LogP contribution in [0.25, 0.3) is 11.0 Å². The third kappa shape index (κ3) is 2.59. The summed E-state index contributed by atoms with van der Waals surface area (Å²) in [5.74, 6) is 0.355. The lowest BCUT2D eigenvalue weighted by molar-refractivity contribution is 0.600. The molecule has 3 aromatic rings. The van der Waals surface area contributed by atoms with Gasteiger partial charge >= 0.3 is 5.69 Å². The highest BCUT2D eigenvalue weighted by Crippen LogP contribution is 2.31. The number of halogens is 1. The fraction of sp³-hybridized carbons (Fsp3) is 0.375. The summed E-state index contributed by atoms with van der Waals surface area (Å²) in [4.78, 5) is 12.2. The quantitative estimate of drug-likeness (QED) is 0.651. The lowest BCUT2D eigenvalue weighted by Gasteiger charge is -2.13. The van der Waals surface area contributed by atoms with Crippen LogP contribution < -0.4 is 10.4 Å². The smallest absolute Gasteiger partial charge is 0.295 e. The maximum atomic E-state index is 13.0. The average Bonchev–Trinajstić information content (AvgIpc) is 3.09. The van der Waals surface area contributed by atoms with E-state index in [4.69, 9.17) is 0 Å². The number of aromatic amines is 1. The molecule has 0 atom stereocenters. The highest BCUT2D eigenvalue weighted by atomic mass is 79.9. The molecule has 8 nitrogen and oxygen atoms in total. The van der Waals surface area contributed by atoms with Crippen LogP contribution in [0.5, 0.6) is 0 Å². The van der Waals surface area contributed by atoms with E-state index in [9.17, 15) is 13.2 Å². The third-order valence-electron chi connectivity index (χ3n) is 4.90. The lowest BCUT2D eigenvalue weighted by Crippen LogP contribution is -2.19. The predicted molar refractivity (Wildman–Crippen MR) is 102 cm³/mol. The number of benzene rings is 1. The zero-order valence-electron chi connectivity index (χ0n) is 14.3. The SMILES string of the molecule is Cn1c(=O)n(C)c2cc(S(=O)(=O)Nc3n[nH]c4c3CCCC4)c(Br)cc21. The van der Waals surface area contributed by atoms with Crippen molar-refractivity contribution in [2.75, 3.05) is 4.72 Å². The molecule has 1 aromatic carbocycles. The second kappa shape index (κ2) is 5.98. The number of aryl methyl sites for hydroxylation is 3. The van der Waals surface area contributed by atoms with Crippen LogP contribution in [0.15, 0.2) is 26.3 Å². The fourth-order valence-electron chi connectivity index (χ4n) is 3.45. The number of aromatic nitrogens is 4. The van der Waals surface area contributed by atoms with E-state index in [1.54, 1.807) is 20.2 Å². The molecule has 0 radical (unpaired) electrons. The van der Waals surface area contributed by atoms with Gasteiger partial charge in [-0.3, -0.25) is 19.0 Å². The molecule has 2 aromatic heterocycles. The Kier molecular flexibility index (Phi) is 3.99. The summed E-state index contributed by atoms with van der Waals surface area (Å²) in [7, 11) is -0.593. The Morgan fingerprint density at radius 1 is 1.15 bits per heavy atom. The number of fused-ring (bicyclic) bond motifs is 2. The van der Waals surface area contributed by atoms with E-state index >= 15 is 0 Å². The van der Waals surface area contributed by atoms with Gasteiger partial charge in [-0.05, 0) is 53.7 Å². The van der Waals surface area contributed by atoms with Gasteiger partial charge in [-0.15, -0.1) is 0 Å². The molecule has 0 spiro atoms. The molecular weight excluding hydrogens is 422 g/mol. The van der Waals surface area contributed by atoms with Crippen molar-refractivity contribution in [3.8, 4) is 0 Å². The predicted octanol–water partition coefficient (Wildman–Crippen LogP) is 2.04. The number of anilines is 1. The minimum Gasteiger partial charge on any atom is -0.295 e. The van der Waals surface area contributed by atoms with Crippen LogP contribution in [-0.4, -0.2) is 27.7 Å². The van der Waals surface area contributed by atoms with Crippen LogP contribution in [-0.2, 0) is 37.0 Å². The zero-order valence-corrected chi connectivity index (χ0v) is 16.7. The van der Waals surface area contributed by atoms with E-state index in [0.29, 0.717) is 21.3 Å².